The first-order chi connectivity index (χ1) is 8.74. The zero-order chi connectivity index (χ0) is 12.8. The van der Waals surface area contributed by atoms with E-state index < -0.39 is 0 Å². The topological polar surface area (TPSA) is 29.1 Å². The second-order valence-corrected chi connectivity index (χ2v) is 4.66. The van der Waals surface area contributed by atoms with Crippen LogP contribution in [0.2, 0.25) is 0 Å². The lowest BCUT2D eigenvalue weighted by Gasteiger charge is -2.01. The molecule has 0 saturated carbocycles. The minimum absolute atomic E-state index is 0.138. The van der Waals surface area contributed by atoms with Crippen molar-refractivity contribution in [2.24, 2.45) is 0 Å². The number of rotatable bonds is 3. The number of hydrogen-bond donors (Lipinski definition) is 1. The minimum atomic E-state index is -0.138. The average molecular weight is 302 g/mol. The van der Waals surface area contributed by atoms with Crippen LogP contribution in [0.3, 0.4) is 0 Å². The fraction of sp³-hybridized carbons (Fsp3) is 0. The normalized spacial score (nSPS) is 10.5. The molecule has 0 aliphatic heterocycles. The van der Waals surface area contributed by atoms with Gasteiger partial charge in [0.2, 0.25) is 5.91 Å². The molecule has 0 spiro atoms. The molecule has 0 aromatic heterocycles. The van der Waals surface area contributed by atoms with Crippen molar-refractivity contribution in [2.45, 2.75) is 0 Å². The van der Waals surface area contributed by atoms with E-state index in [0.717, 1.165) is 15.7 Å². The van der Waals surface area contributed by atoms with Crippen molar-refractivity contribution in [3.63, 3.8) is 0 Å². The standard InChI is InChI=1S/C15H12BrNO/c16-13-7-9-14(10-8-13)17-15(18)11-6-12-4-2-1-3-5-12/h1-11H,(H,17,18)/b11-6-. The van der Waals surface area contributed by atoms with Crippen LogP contribution in [0.4, 0.5) is 5.69 Å². The molecule has 0 heterocycles. The first-order valence-corrected chi connectivity index (χ1v) is 6.33. The molecule has 0 saturated heterocycles. The Bertz CT molecular complexity index is 546. The number of benzene rings is 2. The summed E-state index contributed by atoms with van der Waals surface area (Å²) in [6.45, 7) is 0. The zero-order valence-electron chi connectivity index (χ0n) is 9.64. The van der Waals surface area contributed by atoms with Gasteiger partial charge in [0, 0.05) is 16.2 Å². The summed E-state index contributed by atoms with van der Waals surface area (Å²) < 4.78 is 0.986. The molecule has 0 radical (unpaired) electrons. The van der Waals surface area contributed by atoms with E-state index in [4.69, 9.17) is 0 Å². The molecular weight excluding hydrogens is 290 g/mol. The van der Waals surface area contributed by atoms with E-state index in [9.17, 15) is 4.79 Å². The van der Waals surface area contributed by atoms with E-state index in [2.05, 4.69) is 21.2 Å². The Balaban J connectivity index is 1.97. The predicted octanol–water partition coefficient (Wildman–Crippen LogP) is 4.10. The molecule has 90 valence electrons. The third-order valence-corrected chi connectivity index (χ3v) is 2.87. The molecule has 18 heavy (non-hydrogen) atoms. The van der Waals surface area contributed by atoms with E-state index >= 15 is 0 Å². The van der Waals surface area contributed by atoms with Crippen LogP contribution in [0, 0.1) is 0 Å². The van der Waals surface area contributed by atoms with Crippen LogP contribution in [-0.2, 0) is 4.79 Å². The Hall–Kier alpha value is -1.87. The monoisotopic (exact) mass is 301 g/mol. The molecule has 0 aliphatic carbocycles. The Kier molecular flexibility index (Phi) is 4.31. The largest absolute Gasteiger partial charge is 0.323 e. The van der Waals surface area contributed by atoms with Crippen molar-refractivity contribution < 1.29 is 4.79 Å². The third kappa shape index (κ3) is 3.86. The molecule has 0 unspecified atom stereocenters. The van der Waals surface area contributed by atoms with Gasteiger partial charge >= 0.3 is 0 Å². The fourth-order valence-electron chi connectivity index (χ4n) is 1.45. The zero-order valence-corrected chi connectivity index (χ0v) is 11.2. The number of halogens is 1. The number of anilines is 1. The average Bonchev–Trinajstić information content (AvgIpc) is 2.40. The van der Waals surface area contributed by atoms with Crippen LogP contribution < -0.4 is 5.32 Å². The summed E-state index contributed by atoms with van der Waals surface area (Å²) in [5, 5.41) is 2.79. The van der Waals surface area contributed by atoms with Gasteiger partial charge in [0.05, 0.1) is 0 Å². The van der Waals surface area contributed by atoms with Crippen molar-refractivity contribution in [1.82, 2.24) is 0 Å². The van der Waals surface area contributed by atoms with Gasteiger partial charge in [-0.2, -0.15) is 0 Å². The Labute approximate surface area is 114 Å². The van der Waals surface area contributed by atoms with Gasteiger partial charge in [-0.1, -0.05) is 46.3 Å². The molecule has 2 rings (SSSR count). The summed E-state index contributed by atoms with van der Waals surface area (Å²) in [7, 11) is 0. The lowest BCUT2D eigenvalue weighted by molar-refractivity contribution is -0.111. The van der Waals surface area contributed by atoms with Gasteiger partial charge in [-0.25, -0.2) is 0 Å². The van der Waals surface area contributed by atoms with Gasteiger partial charge in [0.1, 0.15) is 0 Å². The molecule has 1 amide bonds. The second-order valence-electron chi connectivity index (χ2n) is 3.74. The van der Waals surface area contributed by atoms with Crippen LogP contribution in [-0.4, -0.2) is 5.91 Å². The molecule has 1 N–H and O–H groups in total. The van der Waals surface area contributed by atoms with Gasteiger partial charge in [-0.15, -0.1) is 0 Å². The number of amides is 1. The van der Waals surface area contributed by atoms with Crippen molar-refractivity contribution in [3.8, 4) is 0 Å². The van der Waals surface area contributed by atoms with Crippen molar-refractivity contribution in [2.75, 3.05) is 5.32 Å². The summed E-state index contributed by atoms with van der Waals surface area (Å²) >= 11 is 3.35. The molecule has 0 bridgehead atoms. The summed E-state index contributed by atoms with van der Waals surface area (Å²) in [4.78, 5) is 11.7. The highest BCUT2D eigenvalue weighted by atomic mass is 79.9. The van der Waals surface area contributed by atoms with Crippen LogP contribution in [0.15, 0.2) is 65.1 Å². The van der Waals surface area contributed by atoms with Crippen molar-refractivity contribution in [3.05, 3.63) is 70.7 Å². The number of carbonyl (C=O) groups is 1. The van der Waals surface area contributed by atoms with E-state index in [0.29, 0.717) is 0 Å². The summed E-state index contributed by atoms with van der Waals surface area (Å²) in [6, 6.07) is 17.2. The Morgan fingerprint density at radius 3 is 2.33 bits per heavy atom. The molecule has 0 fully saturated rings. The molecule has 2 nitrogen and oxygen atoms in total. The first kappa shape index (κ1) is 12.6. The van der Waals surface area contributed by atoms with Gasteiger partial charge in [-0.05, 0) is 35.9 Å². The maximum Gasteiger partial charge on any atom is 0.248 e. The molecule has 2 aromatic carbocycles. The second kappa shape index (κ2) is 6.17. The molecule has 0 atom stereocenters. The van der Waals surface area contributed by atoms with E-state index in [1.165, 1.54) is 6.08 Å². The highest BCUT2D eigenvalue weighted by molar-refractivity contribution is 9.10. The van der Waals surface area contributed by atoms with Crippen molar-refractivity contribution >= 4 is 33.6 Å². The highest BCUT2D eigenvalue weighted by Crippen LogP contribution is 2.14. The van der Waals surface area contributed by atoms with Gasteiger partial charge in [0.25, 0.3) is 0 Å². The maximum absolute atomic E-state index is 11.7. The van der Waals surface area contributed by atoms with Crippen LogP contribution >= 0.6 is 15.9 Å². The van der Waals surface area contributed by atoms with Crippen LogP contribution in [0.25, 0.3) is 6.08 Å². The van der Waals surface area contributed by atoms with E-state index in [1.807, 2.05) is 54.6 Å². The molecule has 0 aliphatic rings. The smallest absolute Gasteiger partial charge is 0.248 e. The number of nitrogens with one attached hydrogen (secondary N) is 1. The fourth-order valence-corrected chi connectivity index (χ4v) is 1.72. The molecular formula is C15H12BrNO. The Morgan fingerprint density at radius 2 is 1.67 bits per heavy atom. The Morgan fingerprint density at radius 1 is 1.00 bits per heavy atom. The SMILES string of the molecule is O=C(/C=C\c1ccccc1)Nc1ccc(Br)cc1. The predicted molar refractivity (Wildman–Crippen MR) is 78.2 cm³/mol. The summed E-state index contributed by atoms with van der Waals surface area (Å²) in [5.41, 5.74) is 1.78. The van der Waals surface area contributed by atoms with Crippen LogP contribution in [0.1, 0.15) is 5.56 Å². The first-order valence-electron chi connectivity index (χ1n) is 5.54. The lowest BCUT2D eigenvalue weighted by Crippen LogP contribution is -2.07. The molecule has 3 heteroatoms. The lowest BCUT2D eigenvalue weighted by atomic mass is 10.2. The van der Waals surface area contributed by atoms with Gasteiger partial charge in [-0.3, -0.25) is 4.79 Å². The summed E-state index contributed by atoms with van der Waals surface area (Å²) in [6.07, 6.45) is 3.31. The number of carbonyl (C=O) groups excluding carboxylic acids is 1. The third-order valence-electron chi connectivity index (χ3n) is 2.34. The summed E-state index contributed by atoms with van der Waals surface area (Å²) in [5.74, 6) is -0.138. The van der Waals surface area contributed by atoms with E-state index in [-0.39, 0.29) is 5.91 Å². The van der Waals surface area contributed by atoms with Crippen LogP contribution in [0.5, 0.6) is 0 Å². The quantitative estimate of drug-likeness (QED) is 0.850. The van der Waals surface area contributed by atoms with E-state index in [1.54, 1.807) is 6.08 Å². The number of hydrogen-bond acceptors (Lipinski definition) is 1. The maximum atomic E-state index is 11.7. The highest BCUT2D eigenvalue weighted by Gasteiger charge is 1.97. The minimum Gasteiger partial charge on any atom is -0.323 e. The van der Waals surface area contributed by atoms with Crippen molar-refractivity contribution in [1.29, 1.82) is 0 Å². The van der Waals surface area contributed by atoms with Gasteiger partial charge < -0.3 is 5.32 Å². The molecule has 2 aromatic rings. The van der Waals surface area contributed by atoms with Gasteiger partial charge in [0.15, 0.2) is 0 Å².